The van der Waals surface area contributed by atoms with Gasteiger partial charge in [-0.2, -0.15) is 5.10 Å². The molecule has 0 aromatic carbocycles. The maximum absolute atomic E-state index is 4.43. The van der Waals surface area contributed by atoms with E-state index in [9.17, 15) is 0 Å². The number of hydrogen-bond donors (Lipinski definition) is 1. The molecule has 0 fully saturated rings. The first kappa shape index (κ1) is 13.4. The number of aromatic nitrogens is 2. The van der Waals surface area contributed by atoms with E-state index in [1.807, 2.05) is 18.7 Å². The summed E-state index contributed by atoms with van der Waals surface area (Å²) in [5.41, 5.74) is 4.71. The molecule has 3 aromatic rings. The number of nitrogens with one attached hydrogen (secondary N) is 1. The van der Waals surface area contributed by atoms with Crippen molar-refractivity contribution < 1.29 is 0 Å². The fraction of sp³-hybridized carbons (Fsp3) is 0.267. The van der Waals surface area contributed by atoms with Crippen molar-refractivity contribution >= 4 is 28.4 Å². The van der Waals surface area contributed by atoms with Crippen LogP contribution in [-0.4, -0.2) is 9.78 Å². The zero-order valence-electron chi connectivity index (χ0n) is 11.8. The fourth-order valence-corrected chi connectivity index (χ4v) is 3.86. The Morgan fingerprint density at radius 3 is 2.80 bits per heavy atom. The highest BCUT2D eigenvalue weighted by Crippen LogP contribution is 2.30. The Hall–Kier alpha value is -1.59. The maximum Gasteiger partial charge on any atom is 0.0827 e. The lowest BCUT2D eigenvalue weighted by molar-refractivity contribution is 0.731. The molecule has 3 aromatic heterocycles. The van der Waals surface area contributed by atoms with Crippen LogP contribution in [0, 0.1) is 13.8 Å². The molecule has 3 heterocycles. The quantitative estimate of drug-likeness (QED) is 0.772. The molecule has 5 heteroatoms. The molecule has 0 amide bonds. The van der Waals surface area contributed by atoms with Crippen LogP contribution in [0.3, 0.4) is 0 Å². The standard InChI is InChI=1S/C15H17N3S2/c1-10-15(11(2)18(3)17-10)16-8-13-7-12(9-20-13)14-5-4-6-19-14/h4-7,9,16H,8H2,1-3H3. The average molecular weight is 303 g/mol. The van der Waals surface area contributed by atoms with E-state index >= 15 is 0 Å². The van der Waals surface area contributed by atoms with Crippen LogP contribution < -0.4 is 5.32 Å². The van der Waals surface area contributed by atoms with Gasteiger partial charge in [-0.05, 0) is 36.7 Å². The van der Waals surface area contributed by atoms with E-state index < -0.39 is 0 Å². The van der Waals surface area contributed by atoms with E-state index in [4.69, 9.17) is 0 Å². The number of thiophene rings is 2. The van der Waals surface area contributed by atoms with Crippen LogP contribution in [0.2, 0.25) is 0 Å². The zero-order valence-corrected chi connectivity index (χ0v) is 13.4. The topological polar surface area (TPSA) is 29.9 Å². The van der Waals surface area contributed by atoms with Crippen LogP contribution in [0.5, 0.6) is 0 Å². The van der Waals surface area contributed by atoms with E-state index in [0.29, 0.717) is 0 Å². The number of anilines is 1. The molecular weight excluding hydrogens is 286 g/mol. The Balaban J connectivity index is 1.73. The van der Waals surface area contributed by atoms with Gasteiger partial charge >= 0.3 is 0 Å². The molecule has 0 aliphatic heterocycles. The van der Waals surface area contributed by atoms with Crippen LogP contribution >= 0.6 is 22.7 Å². The van der Waals surface area contributed by atoms with E-state index in [-0.39, 0.29) is 0 Å². The van der Waals surface area contributed by atoms with Crippen molar-refractivity contribution in [1.29, 1.82) is 0 Å². The second-order valence-electron chi connectivity index (χ2n) is 4.80. The van der Waals surface area contributed by atoms with Crippen LogP contribution in [0.4, 0.5) is 5.69 Å². The smallest absolute Gasteiger partial charge is 0.0827 e. The molecule has 3 rings (SSSR count). The maximum atomic E-state index is 4.43. The van der Waals surface area contributed by atoms with Crippen molar-refractivity contribution in [3.63, 3.8) is 0 Å². The summed E-state index contributed by atoms with van der Waals surface area (Å²) in [6.45, 7) is 4.98. The first-order valence-electron chi connectivity index (χ1n) is 6.50. The number of nitrogens with zero attached hydrogens (tertiary/aromatic N) is 2. The first-order valence-corrected chi connectivity index (χ1v) is 8.26. The van der Waals surface area contributed by atoms with E-state index in [1.54, 1.807) is 22.7 Å². The average Bonchev–Trinajstić information content (AvgIpc) is 3.12. The van der Waals surface area contributed by atoms with Crippen molar-refractivity contribution in [2.45, 2.75) is 20.4 Å². The molecule has 0 aliphatic carbocycles. The van der Waals surface area contributed by atoms with Gasteiger partial charge in [0.25, 0.3) is 0 Å². The van der Waals surface area contributed by atoms with Gasteiger partial charge in [0.15, 0.2) is 0 Å². The summed E-state index contributed by atoms with van der Waals surface area (Å²) in [6.07, 6.45) is 0. The number of hydrogen-bond acceptors (Lipinski definition) is 4. The fourth-order valence-electron chi connectivity index (χ4n) is 2.25. The Morgan fingerprint density at radius 2 is 2.15 bits per heavy atom. The second kappa shape index (κ2) is 5.42. The summed E-state index contributed by atoms with van der Waals surface area (Å²) in [4.78, 5) is 2.68. The van der Waals surface area contributed by atoms with Crippen molar-refractivity contribution in [1.82, 2.24) is 9.78 Å². The molecular formula is C15H17N3S2. The van der Waals surface area contributed by atoms with Gasteiger partial charge in [-0.1, -0.05) is 6.07 Å². The predicted octanol–water partition coefficient (Wildman–Crippen LogP) is 4.44. The summed E-state index contributed by atoms with van der Waals surface area (Å²) in [6, 6.07) is 6.53. The summed E-state index contributed by atoms with van der Waals surface area (Å²) in [7, 11) is 1.98. The normalized spacial score (nSPS) is 10.9. The minimum absolute atomic E-state index is 0.851. The highest BCUT2D eigenvalue weighted by atomic mass is 32.1. The predicted molar refractivity (Wildman–Crippen MR) is 87.6 cm³/mol. The summed E-state index contributed by atoms with van der Waals surface area (Å²) >= 11 is 3.59. The van der Waals surface area contributed by atoms with Gasteiger partial charge in [0.05, 0.1) is 17.1 Å². The molecule has 0 atom stereocenters. The molecule has 0 aliphatic rings. The number of rotatable bonds is 4. The second-order valence-corrected chi connectivity index (χ2v) is 6.75. The lowest BCUT2D eigenvalue weighted by atomic mass is 10.2. The van der Waals surface area contributed by atoms with Gasteiger partial charge in [0.1, 0.15) is 0 Å². The Labute approximate surface area is 126 Å². The third-order valence-corrected chi connectivity index (χ3v) is 5.26. The molecule has 0 spiro atoms. The molecule has 0 unspecified atom stereocenters. The Kier molecular flexibility index (Phi) is 3.63. The van der Waals surface area contributed by atoms with Crippen LogP contribution in [0.25, 0.3) is 10.4 Å². The largest absolute Gasteiger partial charge is 0.377 e. The van der Waals surface area contributed by atoms with Crippen LogP contribution in [0.15, 0.2) is 29.0 Å². The molecule has 1 N–H and O–H groups in total. The molecule has 3 nitrogen and oxygen atoms in total. The molecule has 0 bridgehead atoms. The highest BCUT2D eigenvalue weighted by Gasteiger charge is 2.09. The van der Waals surface area contributed by atoms with Gasteiger partial charge in [-0.3, -0.25) is 4.68 Å². The van der Waals surface area contributed by atoms with Crippen molar-refractivity contribution in [2.24, 2.45) is 7.05 Å². The Morgan fingerprint density at radius 1 is 1.30 bits per heavy atom. The monoisotopic (exact) mass is 303 g/mol. The highest BCUT2D eigenvalue weighted by molar-refractivity contribution is 7.14. The minimum atomic E-state index is 0.851. The summed E-state index contributed by atoms with van der Waals surface area (Å²) < 4.78 is 1.92. The van der Waals surface area contributed by atoms with Gasteiger partial charge in [0.2, 0.25) is 0 Å². The van der Waals surface area contributed by atoms with Gasteiger partial charge in [-0.25, -0.2) is 0 Å². The lowest BCUT2D eigenvalue weighted by Gasteiger charge is -2.04. The van der Waals surface area contributed by atoms with Gasteiger partial charge in [0, 0.05) is 28.9 Å². The van der Waals surface area contributed by atoms with E-state index in [2.05, 4.69) is 46.3 Å². The van der Waals surface area contributed by atoms with Crippen molar-refractivity contribution in [3.05, 3.63) is 45.2 Å². The van der Waals surface area contributed by atoms with Crippen LogP contribution in [-0.2, 0) is 13.6 Å². The molecule has 104 valence electrons. The van der Waals surface area contributed by atoms with Crippen molar-refractivity contribution in [3.8, 4) is 10.4 Å². The van der Waals surface area contributed by atoms with E-state index in [1.165, 1.54) is 21.0 Å². The summed E-state index contributed by atoms with van der Waals surface area (Å²) in [5, 5.41) is 12.3. The molecule has 0 radical (unpaired) electrons. The van der Waals surface area contributed by atoms with Gasteiger partial charge in [-0.15, -0.1) is 22.7 Å². The van der Waals surface area contributed by atoms with E-state index in [0.717, 1.165) is 17.9 Å². The number of aryl methyl sites for hydroxylation is 2. The molecule has 0 saturated carbocycles. The third kappa shape index (κ3) is 2.51. The SMILES string of the molecule is Cc1nn(C)c(C)c1NCc1cc(-c2cccs2)cs1. The zero-order chi connectivity index (χ0) is 14.1. The minimum Gasteiger partial charge on any atom is -0.377 e. The third-order valence-electron chi connectivity index (χ3n) is 3.41. The summed E-state index contributed by atoms with van der Waals surface area (Å²) in [5.74, 6) is 0. The van der Waals surface area contributed by atoms with Crippen molar-refractivity contribution in [2.75, 3.05) is 5.32 Å². The molecule has 20 heavy (non-hydrogen) atoms. The molecule has 0 saturated heterocycles. The first-order chi connectivity index (χ1) is 9.65. The van der Waals surface area contributed by atoms with Crippen LogP contribution in [0.1, 0.15) is 16.3 Å². The Bertz CT molecular complexity index is 708. The van der Waals surface area contributed by atoms with Gasteiger partial charge < -0.3 is 5.32 Å². The lowest BCUT2D eigenvalue weighted by Crippen LogP contribution is -2.00.